The van der Waals surface area contributed by atoms with Gasteiger partial charge in [-0.3, -0.25) is 4.79 Å². The molecule has 0 aromatic rings. The topological polar surface area (TPSA) is 55.6 Å². The minimum atomic E-state index is -0.158. The maximum absolute atomic E-state index is 11.3. The fourth-order valence-electron chi connectivity index (χ4n) is 1.60. The molecule has 1 atom stereocenters. The number of likely N-dealkylation sites (tertiary alicyclic amines) is 1. The molecule has 0 saturated carbocycles. The highest BCUT2D eigenvalue weighted by Gasteiger charge is 2.20. The Balaban J connectivity index is 2.20. The van der Waals surface area contributed by atoms with Gasteiger partial charge in [-0.2, -0.15) is 0 Å². The summed E-state index contributed by atoms with van der Waals surface area (Å²) in [5.74, 6) is -0.158. The number of hydrogen-bond donors (Lipinski definition) is 1. The van der Waals surface area contributed by atoms with Crippen LogP contribution < -0.4 is 5.73 Å². The summed E-state index contributed by atoms with van der Waals surface area (Å²) in [5, 5.41) is 0. The number of rotatable bonds is 3. The van der Waals surface area contributed by atoms with Crippen molar-refractivity contribution in [2.45, 2.75) is 38.3 Å². The van der Waals surface area contributed by atoms with Crippen LogP contribution in [-0.4, -0.2) is 43.2 Å². The first-order chi connectivity index (χ1) is 6.58. The fraction of sp³-hybridized carbons (Fsp3) is 0.900. The van der Waals surface area contributed by atoms with E-state index < -0.39 is 0 Å². The lowest BCUT2D eigenvalue weighted by Gasteiger charge is -2.28. The summed E-state index contributed by atoms with van der Waals surface area (Å²) in [6, 6.07) is -0.103. The van der Waals surface area contributed by atoms with Crippen LogP contribution in [0, 0.1) is 0 Å². The van der Waals surface area contributed by atoms with E-state index in [2.05, 4.69) is 11.9 Å². The van der Waals surface area contributed by atoms with Crippen molar-refractivity contribution in [1.29, 1.82) is 0 Å². The minimum Gasteiger partial charge on any atom is -0.462 e. The van der Waals surface area contributed by atoms with Gasteiger partial charge in [-0.1, -0.05) is 0 Å². The van der Waals surface area contributed by atoms with Gasteiger partial charge in [-0.25, -0.2) is 0 Å². The molecule has 1 rings (SSSR count). The maximum Gasteiger partial charge on any atom is 0.307 e. The molecule has 0 aromatic carbocycles. The Morgan fingerprint density at radius 2 is 2.14 bits per heavy atom. The van der Waals surface area contributed by atoms with Gasteiger partial charge in [0.15, 0.2) is 0 Å². The standard InChI is InChI=1S/C10H20N2O2/c1-8(11)7-10(13)14-9-3-5-12(2)6-4-9/h8-9H,3-7,11H2,1-2H3. The third-order valence-electron chi connectivity index (χ3n) is 2.45. The molecule has 0 spiro atoms. The summed E-state index contributed by atoms with van der Waals surface area (Å²) >= 11 is 0. The lowest BCUT2D eigenvalue weighted by molar-refractivity contribution is -0.151. The molecule has 14 heavy (non-hydrogen) atoms. The van der Waals surface area contributed by atoms with E-state index in [1.165, 1.54) is 0 Å². The van der Waals surface area contributed by atoms with Crippen molar-refractivity contribution >= 4 is 5.97 Å². The van der Waals surface area contributed by atoms with E-state index in [0.717, 1.165) is 25.9 Å². The van der Waals surface area contributed by atoms with Gasteiger partial charge >= 0.3 is 5.97 Å². The van der Waals surface area contributed by atoms with E-state index in [-0.39, 0.29) is 18.1 Å². The van der Waals surface area contributed by atoms with Crippen molar-refractivity contribution < 1.29 is 9.53 Å². The second-order valence-corrected chi connectivity index (χ2v) is 4.17. The van der Waals surface area contributed by atoms with E-state index in [9.17, 15) is 4.79 Å². The Bertz CT molecular complexity index is 187. The van der Waals surface area contributed by atoms with Crippen molar-refractivity contribution in [2.24, 2.45) is 5.73 Å². The number of nitrogens with two attached hydrogens (primary N) is 1. The Hall–Kier alpha value is -0.610. The van der Waals surface area contributed by atoms with Gasteiger partial charge in [0.1, 0.15) is 6.10 Å². The maximum atomic E-state index is 11.3. The normalized spacial score (nSPS) is 21.9. The van der Waals surface area contributed by atoms with Gasteiger partial charge in [-0.05, 0) is 26.8 Å². The number of carbonyl (C=O) groups is 1. The molecule has 4 heteroatoms. The molecule has 0 aliphatic carbocycles. The van der Waals surface area contributed by atoms with Gasteiger partial charge < -0.3 is 15.4 Å². The van der Waals surface area contributed by atoms with E-state index in [1.807, 2.05) is 6.92 Å². The van der Waals surface area contributed by atoms with E-state index in [1.54, 1.807) is 0 Å². The van der Waals surface area contributed by atoms with Crippen LogP contribution in [0.1, 0.15) is 26.2 Å². The van der Waals surface area contributed by atoms with Gasteiger partial charge in [0.05, 0.1) is 6.42 Å². The molecule has 0 bridgehead atoms. The summed E-state index contributed by atoms with van der Waals surface area (Å²) in [7, 11) is 2.08. The van der Waals surface area contributed by atoms with Gasteiger partial charge in [0.2, 0.25) is 0 Å². The van der Waals surface area contributed by atoms with Crippen LogP contribution in [0.25, 0.3) is 0 Å². The lowest BCUT2D eigenvalue weighted by atomic mass is 10.1. The fourth-order valence-corrected chi connectivity index (χ4v) is 1.60. The Morgan fingerprint density at radius 1 is 1.57 bits per heavy atom. The van der Waals surface area contributed by atoms with E-state index in [0.29, 0.717) is 6.42 Å². The molecule has 1 aliphatic heterocycles. The van der Waals surface area contributed by atoms with Crippen molar-refractivity contribution in [3.63, 3.8) is 0 Å². The molecule has 1 fully saturated rings. The van der Waals surface area contributed by atoms with Gasteiger partial charge in [-0.15, -0.1) is 0 Å². The van der Waals surface area contributed by atoms with Crippen molar-refractivity contribution in [1.82, 2.24) is 4.90 Å². The zero-order valence-electron chi connectivity index (χ0n) is 9.03. The number of nitrogens with zero attached hydrogens (tertiary/aromatic N) is 1. The van der Waals surface area contributed by atoms with Crippen LogP contribution in [0.5, 0.6) is 0 Å². The molecule has 0 radical (unpaired) electrons. The first kappa shape index (κ1) is 11.5. The number of ether oxygens (including phenoxy) is 1. The second kappa shape index (κ2) is 5.32. The quantitative estimate of drug-likeness (QED) is 0.668. The highest BCUT2D eigenvalue weighted by atomic mass is 16.5. The Kier molecular flexibility index (Phi) is 4.35. The molecule has 2 N–H and O–H groups in total. The molecule has 1 saturated heterocycles. The van der Waals surface area contributed by atoms with E-state index >= 15 is 0 Å². The zero-order valence-corrected chi connectivity index (χ0v) is 9.03. The van der Waals surface area contributed by atoms with Crippen LogP contribution in [0.2, 0.25) is 0 Å². The zero-order chi connectivity index (χ0) is 10.6. The third kappa shape index (κ3) is 4.07. The van der Waals surface area contributed by atoms with Gasteiger partial charge in [0, 0.05) is 19.1 Å². The largest absolute Gasteiger partial charge is 0.462 e. The van der Waals surface area contributed by atoms with Crippen LogP contribution in [0.15, 0.2) is 0 Å². The van der Waals surface area contributed by atoms with Crippen LogP contribution in [-0.2, 0) is 9.53 Å². The van der Waals surface area contributed by atoms with Crippen LogP contribution in [0.4, 0.5) is 0 Å². The SMILES string of the molecule is CC(N)CC(=O)OC1CCN(C)CC1. The molecular formula is C10H20N2O2. The second-order valence-electron chi connectivity index (χ2n) is 4.17. The number of hydrogen-bond acceptors (Lipinski definition) is 4. The summed E-state index contributed by atoms with van der Waals surface area (Å²) in [6.07, 6.45) is 2.33. The molecule has 1 heterocycles. The summed E-state index contributed by atoms with van der Waals surface area (Å²) in [5.41, 5.74) is 5.51. The molecule has 1 unspecified atom stereocenters. The molecule has 1 aliphatic rings. The Morgan fingerprint density at radius 3 is 2.64 bits per heavy atom. The van der Waals surface area contributed by atoms with E-state index in [4.69, 9.17) is 10.5 Å². The average molecular weight is 200 g/mol. The first-order valence-corrected chi connectivity index (χ1v) is 5.21. The van der Waals surface area contributed by atoms with Crippen molar-refractivity contribution in [3.05, 3.63) is 0 Å². The first-order valence-electron chi connectivity index (χ1n) is 5.21. The molecule has 4 nitrogen and oxygen atoms in total. The smallest absolute Gasteiger partial charge is 0.307 e. The Labute approximate surface area is 85.4 Å². The monoisotopic (exact) mass is 200 g/mol. The van der Waals surface area contributed by atoms with Crippen molar-refractivity contribution in [3.8, 4) is 0 Å². The molecule has 82 valence electrons. The summed E-state index contributed by atoms with van der Waals surface area (Å²) < 4.78 is 5.30. The highest BCUT2D eigenvalue weighted by Crippen LogP contribution is 2.12. The predicted octanol–water partition coefficient (Wildman–Crippen LogP) is 0.361. The lowest BCUT2D eigenvalue weighted by Crippen LogP contribution is -2.36. The van der Waals surface area contributed by atoms with Crippen LogP contribution in [0.3, 0.4) is 0 Å². The predicted molar refractivity (Wildman–Crippen MR) is 54.9 cm³/mol. The number of esters is 1. The summed E-state index contributed by atoms with van der Waals surface area (Å²) in [4.78, 5) is 13.5. The average Bonchev–Trinajstić information content (AvgIpc) is 2.07. The number of carbonyl (C=O) groups excluding carboxylic acids is 1. The van der Waals surface area contributed by atoms with Crippen molar-refractivity contribution in [2.75, 3.05) is 20.1 Å². The molecule has 0 aromatic heterocycles. The minimum absolute atomic E-state index is 0.103. The van der Waals surface area contributed by atoms with Crippen LogP contribution >= 0.6 is 0 Å². The molecular weight excluding hydrogens is 180 g/mol. The van der Waals surface area contributed by atoms with Gasteiger partial charge in [0.25, 0.3) is 0 Å². The third-order valence-corrected chi connectivity index (χ3v) is 2.45. The summed E-state index contributed by atoms with van der Waals surface area (Å²) in [6.45, 7) is 3.84. The molecule has 0 amide bonds. The number of piperidine rings is 1. The highest BCUT2D eigenvalue weighted by molar-refractivity contribution is 5.70.